The maximum Gasteiger partial charge on any atom is 0.326 e. The van der Waals surface area contributed by atoms with E-state index in [0.717, 1.165) is 39.9 Å². The number of halogens is 3. The topological polar surface area (TPSA) is 146 Å². The molecule has 0 saturated carbocycles. The number of hydrogen-bond donors (Lipinski definition) is 4. The number of carbonyl (C=O) groups is 1. The number of benzene rings is 4. The predicted molar refractivity (Wildman–Crippen MR) is 213 cm³/mol. The highest BCUT2D eigenvalue weighted by atomic mass is 35.5. The Hall–Kier alpha value is -5.22. The lowest BCUT2D eigenvalue weighted by Gasteiger charge is -2.27. The van der Waals surface area contributed by atoms with E-state index in [1.165, 1.54) is 13.1 Å². The van der Waals surface area contributed by atoms with Crippen molar-refractivity contribution in [1.29, 1.82) is 5.26 Å². The molecule has 1 fully saturated rings. The largest absolute Gasteiger partial charge is 0.488 e. The highest BCUT2D eigenvalue weighted by Gasteiger charge is 2.32. The molecule has 2 heterocycles. The quantitative estimate of drug-likeness (QED) is 0.0821. The zero-order chi connectivity index (χ0) is 39.8. The number of ether oxygens (including phenoxy) is 3. The number of aliphatic hydroxyl groups excluding tert-OH is 1. The monoisotopic (exact) mass is 798 g/mol. The minimum atomic E-state index is -1.61. The van der Waals surface area contributed by atoms with Crippen LogP contribution in [-0.2, 0) is 24.6 Å². The second-order valence-corrected chi connectivity index (χ2v) is 14.5. The van der Waals surface area contributed by atoms with Crippen LogP contribution in [0.4, 0.5) is 4.39 Å². The van der Waals surface area contributed by atoms with Crippen LogP contribution in [-0.4, -0.2) is 58.7 Å². The van der Waals surface area contributed by atoms with Gasteiger partial charge in [-0.15, -0.1) is 0 Å². The van der Waals surface area contributed by atoms with E-state index < -0.39 is 30.4 Å². The molecule has 290 valence electrons. The summed E-state index contributed by atoms with van der Waals surface area (Å²) in [6.07, 6.45) is 2.10. The van der Waals surface area contributed by atoms with Crippen molar-refractivity contribution in [3.05, 3.63) is 129 Å². The molecule has 56 heavy (non-hydrogen) atoms. The van der Waals surface area contributed by atoms with Gasteiger partial charge in [-0.3, -0.25) is 15.1 Å². The first kappa shape index (κ1) is 40.4. The lowest BCUT2D eigenvalue weighted by molar-refractivity contribution is -0.145. The Kier molecular flexibility index (Phi) is 13.1. The molecule has 1 aliphatic rings. The number of pyridine rings is 1. The minimum absolute atomic E-state index is 0.00597. The summed E-state index contributed by atoms with van der Waals surface area (Å²) in [7, 11) is 0. The average molecular weight is 800 g/mol. The predicted octanol–water partition coefficient (Wildman–Crippen LogP) is 8.06. The van der Waals surface area contributed by atoms with Crippen LogP contribution in [0.3, 0.4) is 0 Å². The first-order valence-electron chi connectivity index (χ1n) is 18.0. The molecule has 4 aromatic carbocycles. The van der Waals surface area contributed by atoms with Crippen LogP contribution < -0.4 is 24.8 Å². The molecular formula is C43H41Cl2FN4O6. The van der Waals surface area contributed by atoms with Gasteiger partial charge in [0.15, 0.2) is 0 Å². The van der Waals surface area contributed by atoms with Crippen LogP contribution in [0.2, 0.25) is 10.0 Å². The fourth-order valence-corrected chi connectivity index (χ4v) is 6.88. The van der Waals surface area contributed by atoms with Crippen molar-refractivity contribution in [2.24, 2.45) is 0 Å². The Bertz CT molecular complexity index is 2230. The maximum atomic E-state index is 14.3. The highest BCUT2D eigenvalue weighted by molar-refractivity contribution is 6.36. The van der Waals surface area contributed by atoms with Gasteiger partial charge in [-0.25, -0.2) is 4.39 Å². The van der Waals surface area contributed by atoms with Gasteiger partial charge in [-0.2, -0.15) is 5.26 Å². The highest BCUT2D eigenvalue weighted by Crippen LogP contribution is 2.40. The molecule has 0 spiro atoms. The van der Waals surface area contributed by atoms with Gasteiger partial charge in [0.2, 0.25) is 0 Å². The number of hydrogen-bond acceptors (Lipinski definition) is 9. The van der Waals surface area contributed by atoms with Crippen molar-refractivity contribution in [3.8, 4) is 45.6 Å². The molecule has 1 aliphatic heterocycles. The Balaban J connectivity index is 1.22. The van der Waals surface area contributed by atoms with Gasteiger partial charge in [0.05, 0.1) is 22.2 Å². The smallest absolute Gasteiger partial charge is 0.326 e. The van der Waals surface area contributed by atoms with Gasteiger partial charge < -0.3 is 29.7 Å². The summed E-state index contributed by atoms with van der Waals surface area (Å²) in [6, 6.07) is 26.3. The summed E-state index contributed by atoms with van der Waals surface area (Å²) in [5, 5.41) is 35.5. The molecule has 0 bridgehead atoms. The van der Waals surface area contributed by atoms with Crippen molar-refractivity contribution in [1.82, 2.24) is 15.6 Å². The summed E-state index contributed by atoms with van der Waals surface area (Å²) < 4.78 is 32.7. The van der Waals surface area contributed by atoms with Gasteiger partial charge in [-0.1, -0.05) is 71.7 Å². The number of nitrogens with zero attached hydrogens (tertiary/aromatic N) is 2. The van der Waals surface area contributed by atoms with Crippen molar-refractivity contribution < 1.29 is 33.6 Å². The lowest BCUT2D eigenvalue weighted by atomic mass is 9.94. The number of nitriles is 1. The van der Waals surface area contributed by atoms with E-state index in [4.69, 9.17) is 37.4 Å². The summed E-state index contributed by atoms with van der Waals surface area (Å²) in [5.41, 5.74) is 5.29. The Morgan fingerprint density at radius 3 is 2.46 bits per heavy atom. The molecule has 1 unspecified atom stereocenters. The van der Waals surface area contributed by atoms with Crippen LogP contribution in [0.1, 0.15) is 41.2 Å². The third kappa shape index (κ3) is 9.41. The molecule has 0 radical (unpaired) electrons. The number of aliphatic carboxylic acids is 1. The first-order chi connectivity index (χ1) is 27.0. The fourth-order valence-electron chi connectivity index (χ4n) is 6.30. The van der Waals surface area contributed by atoms with Gasteiger partial charge in [0.1, 0.15) is 54.3 Å². The molecular weight excluding hydrogens is 758 g/mol. The van der Waals surface area contributed by atoms with E-state index in [-0.39, 0.29) is 31.3 Å². The SMILES string of the molecule is Cc1c(COc2cc(OCc3cncc(C#N)c3)c(CNC(C)(CO)C(=O)O)cc2Cl)cccc1-c1cccc(-c2ccc(O[C@@H]3CCNC[C@H]3F)cc2)c1Cl. The number of nitrogens with one attached hydrogen (secondary N) is 2. The number of alkyl halides is 1. The summed E-state index contributed by atoms with van der Waals surface area (Å²) in [5.74, 6) is 0.0762. The molecule has 0 amide bonds. The minimum Gasteiger partial charge on any atom is -0.488 e. The van der Waals surface area contributed by atoms with E-state index in [1.54, 1.807) is 24.4 Å². The van der Waals surface area contributed by atoms with Gasteiger partial charge in [-0.05, 0) is 73.3 Å². The average Bonchev–Trinajstić information content (AvgIpc) is 3.21. The molecule has 0 aliphatic carbocycles. The lowest BCUT2D eigenvalue weighted by Crippen LogP contribution is -2.52. The number of aromatic nitrogens is 1. The van der Waals surface area contributed by atoms with E-state index >= 15 is 0 Å². The molecule has 6 rings (SSSR count). The van der Waals surface area contributed by atoms with Crippen LogP contribution in [0, 0.1) is 18.3 Å². The second kappa shape index (κ2) is 18.2. The molecule has 13 heteroatoms. The normalized spacial score (nSPS) is 16.4. The number of carboxylic acids is 1. The van der Waals surface area contributed by atoms with Gasteiger partial charge >= 0.3 is 5.97 Å². The third-order valence-electron chi connectivity index (χ3n) is 9.81. The Morgan fingerprint density at radius 2 is 1.73 bits per heavy atom. The molecule has 1 saturated heterocycles. The molecule has 4 N–H and O–H groups in total. The Morgan fingerprint density at radius 1 is 1.00 bits per heavy atom. The zero-order valence-electron chi connectivity index (χ0n) is 30.8. The molecule has 10 nitrogen and oxygen atoms in total. The van der Waals surface area contributed by atoms with Crippen LogP contribution in [0.25, 0.3) is 22.3 Å². The molecule has 3 atom stereocenters. The van der Waals surface area contributed by atoms with E-state index in [0.29, 0.717) is 45.4 Å². The third-order valence-corrected chi connectivity index (χ3v) is 10.5. The van der Waals surface area contributed by atoms with E-state index in [2.05, 4.69) is 21.7 Å². The summed E-state index contributed by atoms with van der Waals surface area (Å²) in [4.78, 5) is 15.9. The number of aliphatic hydroxyl groups is 1. The fraction of sp³-hybridized carbons (Fsp3) is 0.279. The Labute approximate surface area is 334 Å². The first-order valence-corrected chi connectivity index (χ1v) is 18.8. The number of carboxylic acid groups (broad SMARTS) is 1. The maximum absolute atomic E-state index is 14.3. The second-order valence-electron chi connectivity index (χ2n) is 13.8. The van der Waals surface area contributed by atoms with Crippen LogP contribution in [0.15, 0.2) is 91.3 Å². The summed E-state index contributed by atoms with van der Waals surface area (Å²) >= 11 is 13.8. The standard InChI is InChI=1S/C43H41Cl2FN4O6/c1-26-30(5-3-6-33(26)35-8-4-7-34(41(35)45)29-9-11-32(12-10-29)56-38-13-14-48-22-37(38)46)24-55-40-17-39(54-23-28-15-27(18-47)19-49-20-28)31(16-36(40)44)21-50-43(2,25-51)42(52)53/h3-12,15-17,19-20,37-38,48,50-51H,13-14,21-25H2,1-2H3,(H,52,53)/t37-,38-,43?/m1/s1. The van der Waals surface area contributed by atoms with Crippen LogP contribution in [0.5, 0.6) is 17.2 Å². The van der Waals surface area contributed by atoms with Gasteiger partial charge in [0, 0.05) is 53.8 Å². The van der Waals surface area contributed by atoms with E-state index in [9.17, 15) is 24.7 Å². The van der Waals surface area contributed by atoms with Crippen molar-refractivity contribution >= 4 is 29.2 Å². The van der Waals surface area contributed by atoms with Crippen molar-refractivity contribution in [3.63, 3.8) is 0 Å². The van der Waals surface area contributed by atoms with E-state index in [1.807, 2.05) is 67.6 Å². The van der Waals surface area contributed by atoms with Crippen LogP contribution >= 0.6 is 23.2 Å². The number of rotatable bonds is 15. The van der Waals surface area contributed by atoms with Crippen molar-refractivity contribution in [2.75, 3.05) is 19.7 Å². The molecule has 1 aromatic heterocycles. The van der Waals surface area contributed by atoms with Gasteiger partial charge in [0.25, 0.3) is 0 Å². The number of piperidine rings is 1. The zero-order valence-corrected chi connectivity index (χ0v) is 32.3. The summed E-state index contributed by atoms with van der Waals surface area (Å²) in [6.45, 7) is 3.96. The molecule has 5 aromatic rings. The van der Waals surface area contributed by atoms with Crippen molar-refractivity contribution in [2.45, 2.75) is 57.8 Å².